The highest BCUT2D eigenvalue weighted by atomic mass is 19.1. The van der Waals surface area contributed by atoms with Gasteiger partial charge < -0.3 is 10.6 Å². The number of rotatable bonds is 1. The second-order valence-electron chi connectivity index (χ2n) is 5.48. The van der Waals surface area contributed by atoms with Crippen LogP contribution in [0.3, 0.4) is 0 Å². The lowest BCUT2D eigenvalue weighted by Gasteiger charge is -2.38. The normalized spacial score (nSPS) is 19.4. The van der Waals surface area contributed by atoms with Crippen LogP contribution in [-0.4, -0.2) is 13.1 Å². The maximum atomic E-state index is 13.7. The SMILES string of the molecule is CC1(C)CCN(c2c(F)cc(N)cc2F)CC1. The maximum Gasteiger partial charge on any atom is 0.151 e. The number of hydrogen-bond acceptors (Lipinski definition) is 2. The highest BCUT2D eigenvalue weighted by Gasteiger charge is 2.28. The molecule has 1 aromatic carbocycles. The molecule has 0 saturated carbocycles. The van der Waals surface area contributed by atoms with Crippen molar-refractivity contribution in [2.24, 2.45) is 5.41 Å². The quantitative estimate of drug-likeness (QED) is 0.764. The molecule has 0 unspecified atom stereocenters. The number of nitrogen functional groups attached to an aromatic ring is 1. The van der Waals surface area contributed by atoms with Crippen molar-refractivity contribution in [1.82, 2.24) is 0 Å². The van der Waals surface area contributed by atoms with Crippen LogP contribution in [0.25, 0.3) is 0 Å². The summed E-state index contributed by atoms with van der Waals surface area (Å²) in [6, 6.07) is 2.36. The zero-order valence-corrected chi connectivity index (χ0v) is 10.3. The predicted octanol–water partition coefficient (Wildman–Crippen LogP) is 3.17. The molecule has 1 saturated heterocycles. The Morgan fingerprint density at radius 3 is 2.06 bits per heavy atom. The van der Waals surface area contributed by atoms with Crippen molar-refractivity contribution in [3.05, 3.63) is 23.8 Å². The van der Waals surface area contributed by atoms with Crippen LogP contribution in [-0.2, 0) is 0 Å². The first-order chi connectivity index (χ1) is 7.89. The first kappa shape index (κ1) is 12.1. The van der Waals surface area contributed by atoms with Crippen LogP contribution in [0.4, 0.5) is 20.2 Å². The number of nitrogens with two attached hydrogens (primary N) is 1. The Bertz CT molecular complexity index is 396. The molecule has 0 aromatic heterocycles. The highest BCUT2D eigenvalue weighted by Crippen LogP contribution is 2.34. The standard InChI is InChI=1S/C13H18F2N2/c1-13(2)3-5-17(6-4-13)12-10(14)7-9(16)8-11(12)15/h7-8H,3-6,16H2,1-2H3. The van der Waals surface area contributed by atoms with Gasteiger partial charge in [0.05, 0.1) is 0 Å². The molecule has 0 amide bonds. The summed E-state index contributed by atoms with van der Waals surface area (Å²) in [4.78, 5) is 1.77. The third kappa shape index (κ3) is 2.51. The second-order valence-corrected chi connectivity index (χ2v) is 5.48. The molecule has 1 fully saturated rings. The number of nitrogens with zero attached hydrogens (tertiary/aromatic N) is 1. The Balaban J connectivity index is 2.24. The van der Waals surface area contributed by atoms with E-state index in [1.807, 2.05) is 0 Å². The number of hydrogen-bond donors (Lipinski definition) is 1. The van der Waals surface area contributed by atoms with Crippen LogP contribution < -0.4 is 10.6 Å². The summed E-state index contributed by atoms with van der Waals surface area (Å²) < 4.78 is 27.5. The zero-order valence-electron chi connectivity index (χ0n) is 10.3. The lowest BCUT2D eigenvalue weighted by Crippen LogP contribution is -2.38. The van der Waals surface area contributed by atoms with Gasteiger partial charge in [-0.05, 0) is 30.4 Å². The third-order valence-corrected chi connectivity index (χ3v) is 3.47. The van der Waals surface area contributed by atoms with Crippen molar-refractivity contribution in [1.29, 1.82) is 0 Å². The fourth-order valence-corrected chi connectivity index (χ4v) is 2.22. The average Bonchev–Trinajstić information content (AvgIpc) is 2.19. The van der Waals surface area contributed by atoms with Crippen molar-refractivity contribution < 1.29 is 8.78 Å². The molecule has 94 valence electrons. The Morgan fingerprint density at radius 1 is 1.12 bits per heavy atom. The molecule has 2 rings (SSSR count). The molecule has 2 N–H and O–H groups in total. The van der Waals surface area contributed by atoms with Gasteiger partial charge in [-0.25, -0.2) is 8.78 Å². The van der Waals surface area contributed by atoms with E-state index in [0.29, 0.717) is 13.1 Å². The molecule has 0 bridgehead atoms. The van der Waals surface area contributed by atoms with Crippen LogP contribution in [0.5, 0.6) is 0 Å². The van der Waals surface area contributed by atoms with Crippen LogP contribution in [0.1, 0.15) is 26.7 Å². The van der Waals surface area contributed by atoms with E-state index in [-0.39, 0.29) is 16.8 Å². The van der Waals surface area contributed by atoms with E-state index >= 15 is 0 Å². The second kappa shape index (κ2) is 4.17. The first-order valence-electron chi connectivity index (χ1n) is 5.88. The van der Waals surface area contributed by atoms with Crippen molar-refractivity contribution >= 4 is 11.4 Å². The summed E-state index contributed by atoms with van der Waals surface area (Å²) >= 11 is 0. The van der Waals surface area contributed by atoms with Gasteiger partial charge >= 0.3 is 0 Å². The fraction of sp³-hybridized carbons (Fsp3) is 0.538. The lowest BCUT2D eigenvalue weighted by molar-refractivity contribution is 0.278. The average molecular weight is 240 g/mol. The number of piperidine rings is 1. The van der Waals surface area contributed by atoms with Gasteiger partial charge in [0.2, 0.25) is 0 Å². The summed E-state index contributed by atoms with van der Waals surface area (Å²) in [5, 5.41) is 0. The van der Waals surface area contributed by atoms with Crippen LogP contribution in [0.15, 0.2) is 12.1 Å². The van der Waals surface area contributed by atoms with Gasteiger partial charge in [-0.2, -0.15) is 0 Å². The number of halogens is 2. The first-order valence-corrected chi connectivity index (χ1v) is 5.88. The minimum absolute atomic E-state index is 0.0645. The predicted molar refractivity (Wildman–Crippen MR) is 66.0 cm³/mol. The molecule has 1 aromatic rings. The Labute approximate surface area is 100 Å². The third-order valence-electron chi connectivity index (χ3n) is 3.47. The summed E-state index contributed by atoms with van der Waals surface area (Å²) in [5.74, 6) is -1.13. The summed E-state index contributed by atoms with van der Waals surface area (Å²) in [6.07, 6.45) is 1.88. The van der Waals surface area contributed by atoms with E-state index in [9.17, 15) is 8.78 Å². The Kier molecular flexibility index (Phi) is 2.98. The van der Waals surface area contributed by atoms with E-state index in [1.54, 1.807) is 4.90 Å². The van der Waals surface area contributed by atoms with Gasteiger partial charge in [-0.1, -0.05) is 13.8 Å². The molecule has 2 nitrogen and oxygen atoms in total. The summed E-state index contributed by atoms with van der Waals surface area (Å²) in [6.45, 7) is 5.73. The van der Waals surface area contributed by atoms with E-state index in [1.165, 1.54) is 12.1 Å². The monoisotopic (exact) mass is 240 g/mol. The zero-order chi connectivity index (χ0) is 12.6. The van der Waals surface area contributed by atoms with Gasteiger partial charge in [-0.15, -0.1) is 0 Å². The van der Waals surface area contributed by atoms with E-state index < -0.39 is 11.6 Å². The molecule has 0 aliphatic carbocycles. The molecule has 4 heteroatoms. The van der Waals surface area contributed by atoms with Gasteiger partial charge in [0.15, 0.2) is 11.6 Å². The molecule has 1 aliphatic heterocycles. The highest BCUT2D eigenvalue weighted by molar-refractivity contribution is 5.56. The molecule has 1 heterocycles. The molecule has 0 spiro atoms. The number of benzene rings is 1. The van der Waals surface area contributed by atoms with Crippen LogP contribution >= 0.6 is 0 Å². The topological polar surface area (TPSA) is 29.3 Å². The maximum absolute atomic E-state index is 13.7. The fourth-order valence-electron chi connectivity index (χ4n) is 2.22. The van der Waals surface area contributed by atoms with Gasteiger partial charge in [-0.3, -0.25) is 0 Å². The van der Waals surface area contributed by atoms with E-state index in [0.717, 1.165) is 12.8 Å². The summed E-state index contributed by atoms with van der Waals surface area (Å²) in [5.41, 5.74) is 5.85. The van der Waals surface area contributed by atoms with Crippen molar-refractivity contribution in [3.63, 3.8) is 0 Å². The van der Waals surface area contributed by atoms with Crippen LogP contribution in [0.2, 0.25) is 0 Å². The molecular formula is C13H18F2N2. The van der Waals surface area contributed by atoms with Crippen molar-refractivity contribution in [3.8, 4) is 0 Å². The Morgan fingerprint density at radius 2 is 1.59 bits per heavy atom. The molecule has 17 heavy (non-hydrogen) atoms. The molecule has 0 radical (unpaired) electrons. The number of anilines is 2. The van der Waals surface area contributed by atoms with E-state index in [4.69, 9.17) is 5.73 Å². The van der Waals surface area contributed by atoms with Crippen molar-refractivity contribution in [2.75, 3.05) is 23.7 Å². The minimum Gasteiger partial charge on any atom is -0.399 e. The summed E-state index contributed by atoms with van der Waals surface area (Å²) in [7, 11) is 0. The van der Waals surface area contributed by atoms with Gasteiger partial charge in [0, 0.05) is 18.8 Å². The van der Waals surface area contributed by atoms with Gasteiger partial charge in [0.25, 0.3) is 0 Å². The van der Waals surface area contributed by atoms with E-state index in [2.05, 4.69) is 13.8 Å². The van der Waals surface area contributed by atoms with Gasteiger partial charge in [0.1, 0.15) is 5.69 Å². The Hall–Kier alpha value is -1.32. The minimum atomic E-state index is -0.567. The van der Waals surface area contributed by atoms with Crippen LogP contribution in [0, 0.1) is 17.0 Å². The van der Waals surface area contributed by atoms with Crippen molar-refractivity contribution in [2.45, 2.75) is 26.7 Å². The molecule has 0 atom stereocenters. The molecular weight excluding hydrogens is 222 g/mol. The largest absolute Gasteiger partial charge is 0.399 e. The smallest absolute Gasteiger partial charge is 0.151 e. The lowest BCUT2D eigenvalue weighted by atomic mass is 9.82. The molecule has 1 aliphatic rings.